The van der Waals surface area contributed by atoms with Gasteiger partial charge in [-0.1, -0.05) is 29.8 Å². The van der Waals surface area contributed by atoms with Crippen molar-refractivity contribution in [1.82, 2.24) is 4.90 Å². The van der Waals surface area contributed by atoms with Crippen LogP contribution in [0.25, 0.3) is 0 Å². The molecule has 1 fully saturated rings. The largest absolute Gasteiger partial charge is 0.462 e. The molecule has 1 aliphatic heterocycles. The standard InChI is InChI=1S/C21H21ClN2O4/c1-2-28-21(27)14-7-9-17(10-8-14)23-20(26)16-11-19(25)24(13-16)12-15-5-3-4-6-18(15)22/h3-10,16H,2,11-13H2,1H3,(H,23,26)/t16-/m1/s1. The van der Waals surface area contributed by atoms with Crippen LogP contribution in [0.1, 0.15) is 29.3 Å². The van der Waals surface area contributed by atoms with Crippen molar-refractivity contribution in [3.8, 4) is 0 Å². The minimum atomic E-state index is -0.431. The first-order valence-corrected chi connectivity index (χ1v) is 9.45. The van der Waals surface area contributed by atoms with E-state index in [0.717, 1.165) is 5.56 Å². The third-order valence-electron chi connectivity index (χ3n) is 4.57. The lowest BCUT2D eigenvalue weighted by Gasteiger charge is -2.17. The molecule has 0 spiro atoms. The highest BCUT2D eigenvalue weighted by Gasteiger charge is 2.34. The summed E-state index contributed by atoms with van der Waals surface area (Å²) in [4.78, 5) is 38.1. The number of benzene rings is 2. The fourth-order valence-corrected chi connectivity index (χ4v) is 3.28. The minimum absolute atomic E-state index is 0.0715. The number of likely N-dealkylation sites (tertiary alicyclic amines) is 1. The van der Waals surface area contributed by atoms with E-state index in [1.165, 1.54) is 0 Å². The Morgan fingerprint density at radius 2 is 1.89 bits per heavy atom. The number of nitrogens with zero attached hydrogens (tertiary/aromatic N) is 1. The molecule has 1 heterocycles. The highest BCUT2D eigenvalue weighted by molar-refractivity contribution is 6.31. The molecule has 0 unspecified atom stereocenters. The van der Waals surface area contributed by atoms with Crippen molar-refractivity contribution in [1.29, 1.82) is 0 Å². The van der Waals surface area contributed by atoms with Crippen LogP contribution in [0.4, 0.5) is 5.69 Å². The predicted molar refractivity (Wildman–Crippen MR) is 106 cm³/mol. The van der Waals surface area contributed by atoms with E-state index in [2.05, 4.69) is 5.32 Å². The van der Waals surface area contributed by atoms with Gasteiger partial charge in [0.25, 0.3) is 0 Å². The molecule has 0 saturated carbocycles. The molecule has 0 radical (unpaired) electrons. The number of rotatable bonds is 6. The van der Waals surface area contributed by atoms with Crippen LogP contribution in [-0.4, -0.2) is 35.8 Å². The number of esters is 1. The number of anilines is 1. The van der Waals surface area contributed by atoms with Gasteiger partial charge in [-0.3, -0.25) is 9.59 Å². The van der Waals surface area contributed by atoms with E-state index in [4.69, 9.17) is 16.3 Å². The third kappa shape index (κ3) is 4.70. The number of hydrogen-bond acceptors (Lipinski definition) is 4. The van der Waals surface area contributed by atoms with Gasteiger partial charge >= 0.3 is 5.97 Å². The van der Waals surface area contributed by atoms with E-state index in [-0.39, 0.29) is 18.2 Å². The summed E-state index contributed by atoms with van der Waals surface area (Å²) < 4.78 is 4.93. The highest BCUT2D eigenvalue weighted by atomic mass is 35.5. The number of carbonyl (C=O) groups is 3. The first kappa shape index (κ1) is 19.9. The van der Waals surface area contributed by atoms with Crippen LogP contribution in [0.5, 0.6) is 0 Å². The molecule has 6 nitrogen and oxygen atoms in total. The topological polar surface area (TPSA) is 75.7 Å². The molecule has 1 aliphatic rings. The van der Waals surface area contributed by atoms with Crippen LogP contribution in [0, 0.1) is 5.92 Å². The Morgan fingerprint density at radius 3 is 2.57 bits per heavy atom. The maximum Gasteiger partial charge on any atom is 0.338 e. The van der Waals surface area contributed by atoms with Crippen molar-refractivity contribution < 1.29 is 19.1 Å². The Morgan fingerprint density at radius 1 is 1.18 bits per heavy atom. The van der Waals surface area contributed by atoms with Gasteiger partial charge in [-0.15, -0.1) is 0 Å². The molecule has 2 amide bonds. The second-order valence-electron chi connectivity index (χ2n) is 6.55. The van der Waals surface area contributed by atoms with Crippen molar-refractivity contribution in [2.75, 3.05) is 18.5 Å². The Hall–Kier alpha value is -2.86. The fourth-order valence-electron chi connectivity index (χ4n) is 3.08. The molecule has 28 heavy (non-hydrogen) atoms. The number of carbonyl (C=O) groups excluding carboxylic acids is 3. The second-order valence-corrected chi connectivity index (χ2v) is 6.96. The summed E-state index contributed by atoms with van der Waals surface area (Å²) >= 11 is 6.16. The molecule has 3 rings (SSSR count). The van der Waals surface area contributed by atoms with Crippen LogP contribution in [0.2, 0.25) is 5.02 Å². The Balaban J connectivity index is 1.58. The van der Waals surface area contributed by atoms with Gasteiger partial charge in [-0.05, 0) is 42.8 Å². The molecular weight excluding hydrogens is 380 g/mol. The van der Waals surface area contributed by atoms with E-state index in [1.54, 1.807) is 42.2 Å². The summed E-state index contributed by atoms with van der Waals surface area (Å²) in [5.41, 5.74) is 1.84. The average Bonchev–Trinajstić information content (AvgIpc) is 3.05. The van der Waals surface area contributed by atoms with E-state index >= 15 is 0 Å². The molecule has 0 aromatic heterocycles. The van der Waals surface area contributed by atoms with Crippen molar-refractivity contribution in [3.63, 3.8) is 0 Å². The van der Waals surface area contributed by atoms with Gasteiger partial charge in [0.05, 0.1) is 18.1 Å². The van der Waals surface area contributed by atoms with Crippen molar-refractivity contribution in [2.45, 2.75) is 19.9 Å². The summed E-state index contributed by atoms with van der Waals surface area (Å²) in [5.74, 6) is -1.13. The molecule has 2 aromatic rings. The number of hydrogen-bond donors (Lipinski definition) is 1. The lowest BCUT2D eigenvalue weighted by molar-refractivity contribution is -0.128. The molecule has 1 N–H and O–H groups in total. The fraction of sp³-hybridized carbons (Fsp3) is 0.286. The zero-order valence-corrected chi connectivity index (χ0v) is 16.2. The zero-order valence-electron chi connectivity index (χ0n) is 15.5. The van der Waals surface area contributed by atoms with Gasteiger partial charge in [0.1, 0.15) is 0 Å². The van der Waals surface area contributed by atoms with Gasteiger partial charge in [0.15, 0.2) is 0 Å². The minimum Gasteiger partial charge on any atom is -0.462 e. The number of amides is 2. The molecule has 0 aliphatic carbocycles. The predicted octanol–water partition coefficient (Wildman–Crippen LogP) is 3.50. The van der Waals surface area contributed by atoms with Crippen molar-refractivity contribution in [2.24, 2.45) is 5.92 Å². The molecule has 2 aromatic carbocycles. The average molecular weight is 401 g/mol. The maximum absolute atomic E-state index is 12.5. The summed E-state index contributed by atoms with van der Waals surface area (Å²) in [7, 11) is 0. The van der Waals surface area contributed by atoms with E-state index < -0.39 is 11.9 Å². The maximum atomic E-state index is 12.5. The Bertz CT molecular complexity index is 882. The third-order valence-corrected chi connectivity index (χ3v) is 4.94. The smallest absolute Gasteiger partial charge is 0.338 e. The molecule has 146 valence electrons. The van der Waals surface area contributed by atoms with Crippen molar-refractivity contribution in [3.05, 3.63) is 64.7 Å². The van der Waals surface area contributed by atoms with E-state index in [0.29, 0.717) is 36.0 Å². The zero-order chi connectivity index (χ0) is 20.1. The monoisotopic (exact) mass is 400 g/mol. The highest BCUT2D eigenvalue weighted by Crippen LogP contribution is 2.24. The van der Waals surface area contributed by atoms with Crippen LogP contribution in [0.15, 0.2) is 48.5 Å². The van der Waals surface area contributed by atoms with Crippen LogP contribution in [0.3, 0.4) is 0 Å². The summed E-state index contributed by atoms with van der Waals surface area (Å²) in [6.07, 6.45) is 0.164. The first-order valence-electron chi connectivity index (χ1n) is 9.07. The second kappa shape index (κ2) is 8.89. The molecule has 0 bridgehead atoms. The van der Waals surface area contributed by atoms with Gasteiger partial charge in [0, 0.05) is 30.2 Å². The molecule has 7 heteroatoms. The van der Waals surface area contributed by atoms with E-state index in [1.807, 2.05) is 18.2 Å². The van der Waals surface area contributed by atoms with Gasteiger partial charge in [0.2, 0.25) is 11.8 Å². The number of ether oxygens (including phenoxy) is 1. The Labute approximate surface area is 168 Å². The normalized spacial score (nSPS) is 16.1. The quantitative estimate of drug-likeness (QED) is 0.753. The lowest BCUT2D eigenvalue weighted by atomic mass is 10.1. The van der Waals surface area contributed by atoms with Crippen LogP contribution >= 0.6 is 11.6 Å². The van der Waals surface area contributed by atoms with Crippen LogP contribution in [-0.2, 0) is 20.9 Å². The molecule has 1 saturated heterocycles. The SMILES string of the molecule is CCOC(=O)c1ccc(NC(=O)[C@@H]2CC(=O)N(Cc3ccccc3Cl)C2)cc1. The molecule has 1 atom stereocenters. The first-order chi connectivity index (χ1) is 13.5. The van der Waals surface area contributed by atoms with Gasteiger partial charge in [-0.2, -0.15) is 0 Å². The lowest BCUT2D eigenvalue weighted by Crippen LogP contribution is -2.28. The van der Waals surface area contributed by atoms with Crippen LogP contribution < -0.4 is 5.32 Å². The van der Waals surface area contributed by atoms with Gasteiger partial charge in [-0.25, -0.2) is 4.79 Å². The summed E-state index contributed by atoms with van der Waals surface area (Å²) in [6.45, 7) is 2.77. The van der Waals surface area contributed by atoms with Gasteiger partial charge < -0.3 is 15.0 Å². The Kier molecular flexibility index (Phi) is 6.31. The number of halogens is 1. The van der Waals surface area contributed by atoms with E-state index in [9.17, 15) is 14.4 Å². The number of nitrogens with one attached hydrogen (secondary N) is 1. The summed E-state index contributed by atoms with van der Waals surface area (Å²) in [5, 5.41) is 3.40. The van der Waals surface area contributed by atoms with Crippen molar-refractivity contribution >= 4 is 35.1 Å². The molecular formula is C21H21ClN2O4. The summed E-state index contributed by atoms with van der Waals surface area (Å²) in [6, 6.07) is 13.8.